The van der Waals surface area contributed by atoms with Crippen LogP contribution in [0.25, 0.3) is 0 Å². The molecule has 134 valence electrons. The van der Waals surface area contributed by atoms with Crippen molar-refractivity contribution < 1.29 is 19.1 Å². The molecule has 0 aromatic carbocycles. The van der Waals surface area contributed by atoms with Gasteiger partial charge in [-0.1, -0.05) is 27.2 Å². The Morgan fingerprint density at radius 3 is 2.54 bits per heavy atom. The highest BCUT2D eigenvalue weighted by atomic mass is 16.5. The Kier molecular flexibility index (Phi) is 4.29. The highest BCUT2D eigenvalue weighted by Crippen LogP contribution is 2.57. The number of methoxy groups -OCH3 is 1. The van der Waals surface area contributed by atoms with Gasteiger partial charge in [0, 0.05) is 0 Å². The largest absolute Gasteiger partial charge is 0.469 e. The maximum absolute atomic E-state index is 12.4. The van der Waals surface area contributed by atoms with Crippen LogP contribution in [-0.2, 0) is 19.1 Å². The molecule has 0 saturated heterocycles. The Hall–Kier alpha value is -1.32. The van der Waals surface area contributed by atoms with Crippen LogP contribution in [0, 0.1) is 22.7 Å². The van der Waals surface area contributed by atoms with Crippen molar-refractivity contribution in [1.29, 1.82) is 0 Å². The molecule has 1 fully saturated rings. The monoisotopic (exact) mass is 334 g/mol. The van der Waals surface area contributed by atoms with E-state index in [0.29, 0.717) is 23.3 Å². The van der Waals surface area contributed by atoms with E-state index < -0.39 is 5.92 Å². The summed E-state index contributed by atoms with van der Waals surface area (Å²) in [6.45, 7) is 9.01. The Balaban J connectivity index is 2.01. The standard InChI is InChI=1S/C20H30O4/c1-12-15-14(20(4)10-6-9-19(2,3)11-20)8-7-13(17(21)23-5)16(15)18(22)24-12/h12-14H,6-11H2,1-5H3/t12?,13-,14?,20+/m1/s1. The van der Waals surface area contributed by atoms with Crippen molar-refractivity contribution in [3.05, 3.63) is 11.1 Å². The van der Waals surface area contributed by atoms with Crippen molar-refractivity contribution in [2.75, 3.05) is 7.11 Å². The third-order valence-electron chi connectivity index (χ3n) is 6.53. The number of cyclic esters (lactones) is 1. The summed E-state index contributed by atoms with van der Waals surface area (Å²) in [4.78, 5) is 24.6. The summed E-state index contributed by atoms with van der Waals surface area (Å²) in [7, 11) is 1.39. The van der Waals surface area contributed by atoms with Gasteiger partial charge in [-0.3, -0.25) is 4.79 Å². The first-order chi connectivity index (χ1) is 11.2. The molecule has 0 bridgehead atoms. The zero-order valence-corrected chi connectivity index (χ0v) is 15.6. The van der Waals surface area contributed by atoms with Crippen molar-refractivity contribution in [3.8, 4) is 0 Å². The molecule has 24 heavy (non-hydrogen) atoms. The molecule has 0 aromatic rings. The van der Waals surface area contributed by atoms with Gasteiger partial charge in [-0.2, -0.15) is 0 Å². The molecule has 2 unspecified atom stereocenters. The maximum atomic E-state index is 12.4. The number of rotatable bonds is 2. The molecule has 4 heteroatoms. The first kappa shape index (κ1) is 17.5. The van der Waals surface area contributed by atoms with E-state index in [9.17, 15) is 9.59 Å². The topological polar surface area (TPSA) is 52.6 Å². The van der Waals surface area contributed by atoms with Gasteiger partial charge in [0.15, 0.2) is 0 Å². The van der Waals surface area contributed by atoms with Crippen molar-refractivity contribution >= 4 is 11.9 Å². The fourth-order valence-electron chi connectivity index (χ4n) is 5.71. The first-order valence-corrected chi connectivity index (χ1v) is 9.21. The molecule has 1 aliphatic heterocycles. The summed E-state index contributed by atoms with van der Waals surface area (Å²) < 4.78 is 10.5. The third-order valence-corrected chi connectivity index (χ3v) is 6.53. The van der Waals surface area contributed by atoms with Gasteiger partial charge in [-0.15, -0.1) is 0 Å². The smallest absolute Gasteiger partial charge is 0.335 e. The number of carbonyl (C=O) groups excluding carboxylic acids is 2. The summed E-state index contributed by atoms with van der Waals surface area (Å²) in [6, 6.07) is 0. The molecular formula is C20H30O4. The van der Waals surface area contributed by atoms with E-state index in [1.165, 1.54) is 26.4 Å². The molecule has 0 spiro atoms. The second kappa shape index (κ2) is 5.89. The summed E-state index contributed by atoms with van der Waals surface area (Å²) in [5.74, 6) is -0.731. The van der Waals surface area contributed by atoms with E-state index in [0.717, 1.165) is 18.4 Å². The average Bonchev–Trinajstić information content (AvgIpc) is 2.80. The molecule has 2 aliphatic carbocycles. The summed E-state index contributed by atoms with van der Waals surface area (Å²) in [6.07, 6.45) is 6.24. The minimum Gasteiger partial charge on any atom is -0.469 e. The second-order valence-corrected chi connectivity index (χ2v) is 8.97. The predicted octanol–water partition coefficient (Wildman–Crippen LogP) is 4.03. The van der Waals surface area contributed by atoms with Crippen LogP contribution in [0.5, 0.6) is 0 Å². The van der Waals surface area contributed by atoms with Gasteiger partial charge in [0.2, 0.25) is 0 Å². The number of esters is 2. The molecule has 0 radical (unpaired) electrons. The minimum absolute atomic E-state index is 0.172. The summed E-state index contributed by atoms with van der Waals surface area (Å²) in [5.41, 5.74) is 2.20. The zero-order chi connectivity index (χ0) is 17.7. The quantitative estimate of drug-likeness (QED) is 0.715. The van der Waals surface area contributed by atoms with Crippen LogP contribution in [0.1, 0.15) is 66.2 Å². The van der Waals surface area contributed by atoms with Gasteiger partial charge in [0.05, 0.1) is 18.6 Å². The van der Waals surface area contributed by atoms with Gasteiger partial charge < -0.3 is 9.47 Å². The minimum atomic E-state index is -0.445. The Labute approximate surface area is 145 Å². The van der Waals surface area contributed by atoms with Crippen LogP contribution >= 0.6 is 0 Å². The lowest BCUT2D eigenvalue weighted by atomic mass is 9.55. The van der Waals surface area contributed by atoms with E-state index >= 15 is 0 Å². The van der Waals surface area contributed by atoms with Gasteiger partial charge in [-0.25, -0.2) is 4.79 Å². The maximum Gasteiger partial charge on any atom is 0.335 e. The van der Waals surface area contributed by atoms with Crippen LogP contribution in [0.2, 0.25) is 0 Å². The molecule has 4 nitrogen and oxygen atoms in total. The lowest BCUT2D eigenvalue weighted by Crippen LogP contribution is -2.41. The molecule has 1 saturated carbocycles. The second-order valence-electron chi connectivity index (χ2n) is 8.97. The fraction of sp³-hybridized carbons (Fsp3) is 0.800. The van der Waals surface area contributed by atoms with Crippen LogP contribution in [0.4, 0.5) is 0 Å². The summed E-state index contributed by atoms with van der Waals surface area (Å²) in [5, 5.41) is 0. The van der Waals surface area contributed by atoms with E-state index in [1.807, 2.05) is 6.92 Å². The van der Waals surface area contributed by atoms with Crippen LogP contribution in [-0.4, -0.2) is 25.2 Å². The number of hydrogen-bond donors (Lipinski definition) is 0. The molecule has 0 N–H and O–H groups in total. The molecule has 0 amide bonds. The molecule has 3 rings (SSSR count). The Morgan fingerprint density at radius 2 is 1.92 bits per heavy atom. The average molecular weight is 334 g/mol. The van der Waals surface area contributed by atoms with Crippen molar-refractivity contribution in [1.82, 2.24) is 0 Å². The molecule has 4 atom stereocenters. The Morgan fingerprint density at radius 1 is 1.21 bits per heavy atom. The van der Waals surface area contributed by atoms with Crippen molar-refractivity contribution in [2.45, 2.75) is 72.3 Å². The van der Waals surface area contributed by atoms with E-state index in [2.05, 4.69) is 20.8 Å². The van der Waals surface area contributed by atoms with Gasteiger partial charge in [-0.05, 0) is 61.3 Å². The van der Waals surface area contributed by atoms with E-state index in [4.69, 9.17) is 9.47 Å². The zero-order valence-electron chi connectivity index (χ0n) is 15.6. The number of ether oxygens (including phenoxy) is 2. The molecule has 3 aliphatic rings. The molecular weight excluding hydrogens is 304 g/mol. The Bertz CT molecular complexity index is 588. The summed E-state index contributed by atoms with van der Waals surface area (Å²) >= 11 is 0. The van der Waals surface area contributed by atoms with Crippen LogP contribution in [0.3, 0.4) is 0 Å². The lowest BCUT2D eigenvalue weighted by Gasteiger charge is -2.49. The number of carbonyl (C=O) groups is 2. The van der Waals surface area contributed by atoms with E-state index in [1.54, 1.807) is 0 Å². The molecule has 0 aromatic heterocycles. The highest BCUT2D eigenvalue weighted by molar-refractivity contribution is 5.99. The van der Waals surface area contributed by atoms with Crippen molar-refractivity contribution in [2.24, 2.45) is 22.7 Å². The van der Waals surface area contributed by atoms with Crippen LogP contribution < -0.4 is 0 Å². The fourth-order valence-corrected chi connectivity index (χ4v) is 5.71. The highest BCUT2D eigenvalue weighted by Gasteiger charge is 2.52. The first-order valence-electron chi connectivity index (χ1n) is 9.21. The van der Waals surface area contributed by atoms with Gasteiger partial charge in [0.25, 0.3) is 0 Å². The van der Waals surface area contributed by atoms with Gasteiger partial charge in [0.1, 0.15) is 6.10 Å². The lowest BCUT2D eigenvalue weighted by molar-refractivity contribution is -0.148. The van der Waals surface area contributed by atoms with Crippen molar-refractivity contribution in [3.63, 3.8) is 0 Å². The normalized spacial score (nSPS) is 38.5. The predicted molar refractivity (Wildman–Crippen MR) is 91.2 cm³/mol. The number of hydrogen-bond acceptors (Lipinski definition) is 4. The molecule has 1 heterocycles. The SMILES string of the molecule is COC(=O)[C@@H]1CCC([C@@]2(C)CCCC(C)(C)C2)C2=C1C(=O)OC2C. The third kappa shape index (κ3) is 2.78. The van der Waals surface area contributed by atoms with Crippen LogP contribution in [0.15, 0.2) is 11.1 Å². The van der Waals surface area contributed by atoms with Gasteiger partial charge >= 0.3 is 11.9 Å². The van der Waals surface area contributed by atoms with E-state index in [-0.39, 0.29) is 23.5 Å².